The first-order chi connectivity index (χ1) is 15.0. The van der Waals surface area contributed by atoms with E-state index in [1.54, 1.807) is 30.7 Å². The Bertz CT molecular complexity index is 1090. The molecular weight excluding hydrogens is 394 g/mol. The molecule has 3 heterocycles. The Morgan fingerprint density at radius 1 is 1.00 bits per heavy atom. The summed E-state index contributed by atoms with van der Waals surface area (Å²) in [6.45, 7) is 4.86. The number of nitrogens with zero attached hydrogens (tertiary/aromatic N) is 5. The van der Waals surface area contributed by atoms with Crippen LogP contribution in [0, 0.1) is 12.8 Å². The molecule has 0 atom stereocenters. The van der Waals surface area contributed by atoms with Crippen LogP contribution in [0.25, 0.3) is 5.82 Å². The molecule has 3 aromatic rings. The molecule has 1 aromatic carbocycles. The number of hydrogen-bond acceptors (Lipinski definition) is 6. The zero-order valence-electron chi connectivity index (χ0n) is 17.6. The monoisotopic (exact) mass is 419 g/mol. The van der Waals surface area contributed by atoms with Crippen LogP contribution in [0.5, 0.6) is 0 Å². The van der Waals surface area contributed by atoms with E-state index in [1.807, 2.05) is 29.8 Å². The van der Waals surface area contributed by atoms with Gasteiger partial charge in [0.05, 0.1) is 0 Å². The first-order valence-corrected chi connectivity index (χ1v) is 10.3. The summed E-state index contributed by atoms with van der Waals surface area (Å²) in [5, 5.41) is 5.69. The Morgan fingerprint density at radius 2 is 1.71 bits per heavy atom. The summed E-state index contributed by atoms with van der Waals surface area (Å²) in [6.07, 6.45) is 6.65. The van der Waals surface area contributed by atoms with Crippen molar-refractivity contribution in [3.05, 3.63) is 54.9 Å². The van der Waals surface area contributed by atoms with Crippen LogP contribution in [0.15, 0.2) is 49.1 Å². The van der Waals surface area contributed by atoms with Crippen molar-refractivity contribution in [2.45, 2.75) is 26.7 Å². The third kappa shape index (κ3) is 4.88. The van der Waals surface area contributed by atoms with E-state index in [9.17, 15) is 9.59 Å². The fraction of sp³-hybridized carbons (Fsp3) is 0.318. The van der Waals surface area contributed by atoms with Crippen LogP contribution in [-0.4, -0.2) is 44.4 Å². The van der Waals surface area contributed by atoms with Crippen molar-refractivity contribution in [3.63, 3.8) is 0 Å². The van der Waals surface area contributed by atoms with E-state index < -0.39 is 0 Å². The second kappa shape index (κ2) is 8.95. The number of benzene rings is 1. The van der Waals surface area contributed by atoms with Crippen molar-refractivity contribution in [2.24, 2.45) is 5.92 Å². The van der Waals surface area contributed by atoms with Gasteiger partial charge < -0.3 is 15.5 Å². The smallest absolute Gasteiger partial charge is 0.227 e. The number of anilines is 3. The summed E-state index contributed by atoms with van der Waals surface area (Å²) >= 11 is 0. The molecule has 2 amide bonds. The topological polar surface area (TPSA) is 105 Å². The van der Waals surface area contributed by atoms with E-state index in [-0.39, 0.29) is 17.7 Å². The molecule has 0 aliphatic carbocycles. The van der Waals surface area contributed by atoms with Crippen LogP contribution in [-0.2, 0) is 9.59 Å². The van der Waals surface area contributed by atoms with Gasteiger partial charge in [-0.2, -0.15) is 0 Å². The summed E-state index contributed by atoms with van der Waals surface area (Å²) in [4.78, 5) is 39.2. The summed E-state index contributed by atoms with van der Waals surface area (Å²) in [5.74, 6) is 2.27. The lowest BCUT2D eigenvalue weighted by Crippen LogP contribution is -2.38. The molecule has 2 N–H and O–H groups in total. The number of carbonyl (C=O) groups is 2. The molecule has 1 fully saturated rings. The van der Waals surface area contributed by atoms with Crippen LogP contribution in [0.2, 0.25) is 0 Å². The number of piperidine rings is 1. The summed E-state index contributed by atoms with van der Waals surface area (Å²) in [6, 6.07) is 9.12. The van der Waals surface area contributed by atoms with Crippen molar-refractivity contribution in [1.82, 2.24) is 19.5 Å². The van der Waals surface area contributed by atoms with Crippen LogP contribution in [0.4, 0.5) is 17.2 Å². The Labute approximate surface area is 180 Å². The van der Waals surface area contributed by atoms with Crippen molar-refractivity contribution in [1.29, 1.82) is 0 Å². The third-order valence-corrected chi connectivity index (χ3v) is 5.35. The third-order valence-electron chi connectivity index (χ3n) is 5.35. The predicted molar refractivity (Wildman–Crippen MR) is 118 cm³/mol. The summed E-state index contributed by atoms with van der Waals surface area (Å²) in [7, 11) is 0. The number of imidazole rings is 1. The highest BCUT2D eigenvalue weighted by atomic mass is 16.2. The molecule has 4 rings (SSSR count). The van der Waals surface area contributed by atoms with Gasteiger partial charge in [0.15, 0.2) is 0 Å². The second-order valence-electron chi connectivity index (χ2n) is 7.59. The fourth-order valence-corrected chi connectivity index (χ4v) is 3.76. The molecule has 1 aliphatic rings. The van der Waals surface area contributed by atoms with Gasteiger partial charge in [0.25, 0.3) is 0 Å². The quantitative estimate of drug-likeness (QED) is 0.659. The largest absolute Gasteiger partial charge is 0.356 e. The normalized spacial score (nSPS) is 14.3. The van der Waals surface area contributed by atoms with Gasteiger partial charge in [0, 0.05) is 55.8 Å². The Hall–Kier alpha value is -3.75. The van der Waals surface area contributed by atoms with Crippen LogP contribution in [0.3, 0.4) is 0 Å². The molecule has 9 nitrogen and oxygen atoms in total. The first-order valence-electron chi connectivity index (χ1n) is 10.3. The van der Waals surface area contributed by atoms with Crippen molar-refractivity contribution < 1.29 is 9.59 Å². The molecule has 0 radical (unpaired) electrons. The molecule has 160 valence electrons. The molecule has 1 saturated heterocycles. The molecular formula is C22H25N7O2. The second-order valence-corrected chi connectivity index (χ2v) is 7.59. The minimum Gasteiger partial charge on any atom is -0.356 e. The zero-order chi connectivity index (χ0) is 21.8. The number of hydrogen-bond donors (Lipinski definition) is 2. The lowest BCUT2D eigenvalue weighted by Gasteiger charge is -2.32. The van der Waals surface area contributed by atoms with E-state index in [0.717, 1.165) is 43.4 Å². The average Bonchev–Trinajstić information content (AvgIpc) is 3.19. The van der Waals surface area contributed by atoms with Gasteiger partial charge in [-0.25, -0.2) is 15.0 Å². The number of aryl methyl sites for hydroxylation is 1. The van der Waals surface area contributed by atoms with Crippen molar-refractivity contribution in [3.8, 4) is 5.82 Å². The van der Waals surface area contributed by atoms with Gasteiger partial charge in [-0.05, 0) is 38.0 Å². The van der Waals surface area contributed by atoms with Gasteiger partial charge in [-0.1, -0.05) is 6.07 Å². The van der Waals surface area contributed by atoms with E-state index in [2.05, 4.69) is 30.5 Å². The molecule has 2 aromatic heterocycles. The van der Waals surface area contributed by atoms with Gasteiger partial charge in [-0.15, -0.1) is 0 Å². The molecule has 9 heteroatoms. The molecule has 0 spiro atoms. The Balaban J connectivity index is 1.36. The maximum Gasteiger partial charge on any atom is 0.227 e. The SMILES string of the molecule is CC(=O)Nc1cccc(NC(=O)C2CCN(c3cc(-n4ccnc4C)ncn3)CC2)c1. The van der Waals surface area contributed by atoms with E-state index >= 15 is 0 Å². The lowest BCUT2D eigenvalue weighted by molar-refractivity contribution is -0.120. The van der Waals surface area contributed by atoms with Gasteiger partial charge in [0.2, 0.25) is 11.8 Å². The van der Waals surface area contributed by atoms with Crippen LogP contribution in [0.1, 0.15) is 25.6 Å². The standard InChI is InChI=1S/C22H25N7O2/c1-15-23-8-11-29(15)21-13-20(24-14-25-21)28-9-6-17(7-10-28)22(31)27-19-5-3-4-18(12-19)26-16(2)30/h3-5,8,11-14,17H,6-7,9-10H2,1-2H3,(H,26,30)(H,27,31). The van der Waals surface area contributed by atoms with Gasteiger partial charge >= 0.3 is 0 Å². The average molecular weight is 419 g/mol. The summed E-state index contributed by atoms with van der Waals surface area (Å²) < 4.78 is 1.92. The molecule has 0 unspecified atom stereocenters. The molecule has 1 aliphatic heterocycles. The van der Waals surface area contributed by atoms with Gasteiger partial charge in [-0.3, -0.25) is 14.2 Å². The van der Waals surface area contributed by atoms with E-state index in [4.69, 9.17) is 0 Å². The van der Waals surface area contributed by atoms with Crippen molar-refractivity contribution in [2.75, 3.05) is 28.6 Å². The predicted octanol–water partition coefficient (Wildman–Crippen LogP) is 2.78. The maximum atomic E-state index is 12.7. The van der Waals surface area contributed by atoms with Crippen molar-refractivity contribution >= 4 is 29.0 Å². The molecule has 0 bridgehead atoms. The van der Waals surface area contributed by atoms with Crippen LogP contribution < -0.4 is 15.5 Å². The fourth-order valence-electron chi connectivity index (χ4n) is 3.76. The minimum absolute atomic E-state index is 0.00274. The number of nitrogens with one attached hydrogen (secondary N) is 2. The highest BCUT2D eigenvalue weighted by Gasteiger charge is 2.26. The highest BCUT2D eigenvalue weighted by molar-refractivity contribution is 5.94. The number of aromatic nitrogens is 4. The maximum absolute atomic E-state index is 12.7. The molecule has 0 saturated carbocycles. The first kappa shape index (κ1) is 20.5. The highest BCUT2D eigenvalue weighted by Crippen LogP contribution is 2.24. The minimum atomic E-state index is -0.146. The number of amides is 2. The zero-order valence-corrected chi connectivity index (χ0v) is 17.6. The number of carbonyl (C=O) groups excluding carboxylic acids is 2. The van der Waals surface area contributed by atoms with E-state index in [0.29, 0.717) is 11.4 Å². The van der Waals surface area contributed by atoms with Crippen LogP contribution >= 0.6 is 0 Å². The lowest BCUT2D eigenvalue weighted by atomic mass is 9.95. The Morgan fingerprint density at radius 3 is 2.39 bits per heavy atom. The molecule has 31 heavy (non-hydrogen) atoms. The Kier molecular flexibility index (Phi) is 5.92. The summed E-state index contributed by atoms with van der Waals surface area (Å²) in [5.41, 5.74) is 1.34. The number of rotatable bonds is 5. The van der Waals surface area contributed by atoms with E-state index in [1.165, 1.54) is 6.92 Å². The van der Waals surface area contributed by atoms with Gasteiger partial charge in [0.1, 0.15) is 23.8 Å².